The lowest BCUT2D eigenvalue weighted by Crippen LogP contribution is -2.53. The first-order valence-corrected chi connectivity index (χ1v) is 8.74. The highest BCUT2D eigenvalue weighted by molar-refractivity contribution is 7.88. The van der Waals surface area contributed by atoms with Gasteiger partial charge in [0.05, 0.1) is 17.4 Å². The largest absolute Gasteiger partial charge is 0.301 e. The maximum Gasteiger partial charge on any atom is 0.218 e. The van der Waals surface area contributed by atoms with Crippen molar-refractivity contribution in [1.29, 1.82) is 5.26 Å². The summed E-state index contributed by atoms with van der Waals surface area (Å²) < 4.78 is 26.6. The van der Waals surface area contributed by atoms with Crippen LogP contribution >= 0.6 is 0 Å². The van der Waals surface area contributed by atoms with E-state index in [1.54, 1.807) is 28.6 Å². The van der Waals surface area contributed by atoms with Crippen molar-refractivity contribution in [3.8, 4) is 6.07 Å². The zero-order valence-corrected chi connectivity index (χ0v) is 13.3. The molecule has 1 heterocycles. The number of rotatable bonds is 4. The van der Waals surface area contributed by atoms with E-state index in [0.29, 0.717) is 18.7 Å². The quantitative estimate of drug-likeness (QED) is 0.844. The lowest BCUT2D eigenvalue weighted by Gasteiger charge is -2.38. The molecule has 0 spiro atoms. The number of hydrogen-bond donors (Lipinski definition) is 0. The van der Waals surface area contributed by atoms with Gasteiger partial charge >= 0.3 is 0 Å². The highest BCUT2D eigenvalue weighted by Crippen LogP contribution is 2.17. The molecule has 0 aromatic heterocycles. The third kappa shape index (κ3) is 3.82. The van der Waals surface area contributed by atoms with Crippen molar-refractivity contribution < 1.29 is 8.42 Å². The monoisotopic (exact) mass is 307 g/mol. The van der Waals surface area contributed by atoms with Crippen molar-refractivity contribution in [3.05, 3.63) is 35.4 Å². The van der Waals surface area contributed by atoms with Gasteiger partial charge in [0.2, 0.25) is 10.0 Å². The standard InChI is InChI=1S/C15H21N3O2S/c1-3-15-11-18(9-8-17(15)2)21(19,20)12-14-6-4-13(10-16)5-7-14/h4-7,15H,3,8-9,11-12H2,1-2H3. The fraction of sp³-hybridized carbons (Fsp3) is 0.533. The topological polar surface area (TPSA) is 64.4 Å². The predicted molar refractivity (Wildman–Crippen MR) is 82.1 cm³/mol. The molecule has 1 aromatic rings. The third-order valence-corrected chi connectivity index (χ3v) is 5.85. The highest BCUT2D eigenvalue weighted by Gasteiger charge is 2.30. The van der Waals surface area contributed by atoms with E-state index in [-0.39, 0.29) is 11.8 Å². The maximum absolute atomic E-state index is 12.5. The number of likely N-dealkylation sites (N-methyl/N-ethyl adjacent to an activating group) is 1. The first-order chi connectivity index (χ1) is 9.96. The highest BCUT2D eigenvalue weighted by atomic mass is 32.2. The minimum atomic E-state index is -3.30. The lowest BCUT2D eigenvalue weighted by molar-refractivity contribution is 0.144. The second kappa shape index (κ2) is 6.56. The van der Waals surface area contributed by atoms with Crippen LogP contribution in [0.2, 0.25) is 0 Å². The molecule has 1 unspecified atom stereocenters. The summed E-state index contributed by atoms with van der Waals surface area (Å²) in [6.45, 7) is 3.96. The molecule has 5 nitrogen and oxygen atoms in total. The fourth-order valence-corrected chi connectivity index (χ4v) is 4.14. The van der Waals surface area contributed by atoms with Crippen LogP contribution in [0.5, 0.6) is 0 Å². The molecule has 0 N–H and O–H groups in total. The molecular weight excluding hydrogens is 286 g/mol. The van der Waals surface area contributed by atoms with Gasteiger partial charge in [0, 0.05) is 25.7 Å². The van der Waals surface area contributed by atoms with Crippen LogP contribution in [0.25, 0.3) is 0 Å². The predicted octanol–water partition coefficient (Wildman–Crippen LogP) is 1.41. The van der Waals surface area contributed by atoms with Crippen LogP contribution in [0.4, 0.5) is 0 Å². The van der Waals surface area contributed by atoms with Crippen LogP contribution in [-0.2, 0) is 15.8 Å². The van der Waals surface area contributed by atoms with E-state index < -0.39 is 10.0 Å². The van der Waals surface area contributed by atoms with Gasteiger partial charge in [-0.1, -0.05) is 19.1 Å². The minimum absolute atomic E-state index is 0.00113. The average molecular weight is 307 g/mol. The van der Waals surface area contributed by atoms with E-state index in [0.717, 1.165) is 18.5 Å². The van der Waals surface area contributed by atoms with Gasteiger partial charge in [-0.05, 0) is 31.2 Å². The molecule has 6 heteroatoms. The number of piperazine rings is 1. The normalized spacial score (nSPS) is 21.1. The van der Waals surface area contributed by atoms with Crippen LogP contribution in [0.15, 0.2) is 24.3 Å². The molecule has 1 aromatic carbocycles. The van der Waals surface area contributed by atoms with Crippen LogP contribution in [-0.4, -0.2) is 50.3 Å². The molecule has 0 radical (unpaired) electrons. The number of sulfonamides is 1. The van der Waals surface area contributed by atoms with E-state index >= 15 is 0 Å². The zero-order chi connectivity index (χ0) is 15.5. The molecule has 1 aliphatic rings. The molecule has 1 atom stereocenters. The van der Waals surface area contributed by atoms with Crippen molar-refractivity contribution in [2.45, 2.75) is 25.1 Å². The Labute approximate surface area is 126 Å². The number of hydrogen-bond acceptors (Lipinski definition) is 4. The first kappa shape index (κ1) is 16.0. The maximum atomic E-state index is 12.5. The molecule has 0 amide bonds. The van der Waals surface area contributed by atoms with Crippen molar-refractivity contribution in [2.75, 3.05) is 26.7 Å². The Morgan fingerprint density at radius 2 is 1.95 bits per heavy atom. The van der Waals surface area contributed by atoms with Crippen LogP contribution in [0.3, 0.4) is 0 Å². The molecule has 2 rings (SSSR count). The first-order valence-electron chi connectivity index (χ1n) is 7.13. The van der Waals surface area contributed by atoms with Gasteiger partial charge in [0.1, 0.15) is 0 Å². The summed E-state index contributed by atoms with van der Waals surface area (Å²) in [6, 6.07) is 9.06. The Kier molecular flexibility index (Phi) is 4.99. The summed E-state index contributed by atoms with van der Waals surface area (Å²) in [5.74, 6) is -0.00113. The summed E-state index contributed by atoms with van der Waals surface area (Å²) in [7, 11) is -1.26. The van der Waals surface area contributed by atoms with E-state index in [2.05, 4.69) is 11.8 Å². The molecule has 21 heavy (non-hydrogen) atoms. The molecule has 1 saturated heterocycles. The number of nitrogens with zero attached hydrogens (tertiary/aromatic N) is 3. The van der Waals surface area contributed by atoms with Gasteiger partial charge in [0.25, 0.3) is 0 Å². The van der Waals surface area contributed by atoms with E-state index in [1.807, 2.05) is 13.1 Å². The fourth-order valence-electron chi connectivity index (χ4n) is 2.59. The molecule has 0 bridgehead atoms. The molecule has 0 aliphatic carbocycles. The Bertz CT molecular complexity index is 619. The van der Waals surface area contributed by atoms with Crippen molar-refractivity contribution in [3.63, 3.8) is 0 Å². The molecule has 0 saturated carbocycles. The van der Waals surface area contributed by atoms with E-state index in [4.69, 9.17) is 5.26 Å². The Morgan fingerprint density at radius 1 is 1.29 bits per heavy atom. The number of nitriles is 1. The summed E-state index contributed by atoms with van der Waals surface area (Å²) >= 11 is 0. The van der Waals surface area contributed by atoms with Gasteiger partial charge in [0.15, 0.2) is 0 Å². The van der Waals surface area contributed by atoms with E-state index in [1.165, 1.54) is 0 Å². The third-order valence-electron chi connectivity index (χ3n) is 4.04. The lowest BCUT2D eigenvalue weighted by atomic mass is 10.1. The summed E-state index contributed by atoms with van der Waals surface area (Å²) in [5.41, 5.74) is 1.27. The smallest absolute Gasteiger partial charge is 0.218 e. The summed E-state index contributed by atoms with van der Waals surface area (Å²) in [5, 5.41) is 8.76. The molecule has 1 aliphatic heterocycles. The summed E-state index contributed by atoms with van der Waals surface area (Å²) in [6.07, 6.45) is 0.944. The van der Waals surface area contributed by atoms with Gasteiger partial charge in [-0.25, -0.2) is 8.42 Å². The van der Waals surface area contributed by atoms with Crippen LogP contribution < -0.4 is 0 Å². The van der Waals surface area contributed by atoms with Crippen LogP contribution in [0.1, 0.15) is 24.5 Å². The van der Waals surface area contributed by atoms with Gasteiger partial charge < -0.3 is 4.90 Å². The van der Waals surface area contributed by atoms with Crippen molar-refractivity contribution in [1.82, 2.24) is 9.21 Å². The number of benzene rings is 1. The second-order valence-electron chi connectivity index (χ2n) is 5.47. The average Bonchev–Trinajstić information content (AvgIpc) is 2.48. The minimum Gasteiger partial charge on any atom is -0.301 e. The van der Waals surface area contributed by atoms with Crippen LogP contribution in [0, 0.1) is 11.3 Å². The zero-order valence-electron chi connectivity index (χ0n) is 12.5. The van der Waals surface area contributed by atoms with E-state index in [9.17, 15) is 8.42 Å². The Hall–Kier alpha value is -1.42. The SMILES string of the molecule is CCC1CN(S(=O)(=O)Cc2ccc(C#N)cc2)CCN1C. The van der Waals surface area contributed by atoms with Gasteiger partial charge in [-0.2, -0.15) is 9.57 Å². The second-order valence-corrected chi connectivity index (χ2v) is 7.43. The molecule has 1 fully saturated rings. The molecule has 114 valence electrons. The Morgan fingerprint density at radius 3 is 2.52 bits per heavy atom. The summed E-state index contributed by atoms with van der Waals surface area (Å²) in [4.78, 5) is 2.22. The molecular formula is C15H21N3O2S. The van der Waals surface area contributed by atoms with Gasteiger partial charge in [-0.3, -0.25) is 0 Å². The van der Waals surface area contributed by atoms with Crippen molar-refractivity contribution in [2.24, 2.45) is 0 Å². The Balaban J connectivity index is 2.09. The van der Waals surface area contributed by atoms with Crippen molar-refractivity contribution >= 4 is 10.0 Å². The van der Waals surface area contributed by atoms with Gasteiger partial charge in [-0.15, -0.1) is 0 Å².